The van der Waals surface area contributed by atoms with E-state index < -0.39 is 4.92 Å². The number of carbonyl (C=O) groups excluding carboxylic acids is 2. The zero-order chi connectivity index (χ0) is 27.1. The number of ether oxygens (including phenoxy) is 1. The summed E-state index contributed by atoms with van der Waals surface area (Å²) in [6, 6.07) is 10.5. The molecule has 0 atom stereocenters. The first kappa shape index (κ1) is 27.7. The molecule has 196 valence electrons. The average molecular weight is 527 g/mol. The van der Waals surface area contributed by atoms with Crippen LogP contribution >= 0.6 is 11.8 Å². The fraction of sp³-hybridized carbons (Fsp3) is 0.360. The molecule has 37 heavy (non-hydrogen) atoms. The van der Waals surface area contributed by atoms with Gasteiger partial charge in [-0.05, 0) is 43.0 Å². The molecule has 0 aliphatic carbocycles. The van der Waals surface area contributed by atoms with E-state index in [0.717, 1.165) is 22.9 Å². The molecule has 3 rings (SSSR count). The smallest absolute Gasteiger partial charge is 0.274 e. The van der Waals surface area contributed by atoms with E-state index in [1.807, 2.05) is 25.1 Å². The number of benzene rings is 2. The molecule has 12 heteroatoms. The summed E-state index contributed by atoms with van der Waals surface area (Å²) in [5.41, 5.74) is 2.89. The largest absolute Gasteiger partial charge is 0.483 e. The Morgan fingerprint density at radius 2 is 1.89 bits per heavy atom. The van der Waals surface area contributed by atoms with Gasteiger partial charge in [0.15, 0.2) is 17.6 Å². The van der Waals surface area contributed by atoms with Crippen LogP contribution in [0.4, 0.5) is 11.4 Å². The number of nitrogens with one attached hydrogen (secondary N) is 2. The summed E-state index contributed by atoms with van der Waals surface area (Å²) < 4.78 is 7.45. The van der Waals surface area contributed by atoms with Crippen LogP contribution in [0.2, 0.25) is 0 Å². The van der Waals surface area contributed by atoms with Gasteiger partial charge in [-0.1, -0.05) is 43.8 Å². The molecule has 0 fully saturated rings. The first-order valence-corrected chi connectivity index (χ1v) is 12.6. The molecule has 0 unspecified atom stereocenters. The predicted octanol–water partition coefficient (Wildman–Crippen LogP) is 3.89. The summed E-state index contributed by atoms with van der Waals surface area (Å²) in [4.78, 5) is 35.3. The number of carbonyl (C=O) groups is 2. The summed E-state index contributed by atoms with van der Waals surface area (Å²) in [7, 11) is 1.74. The topological polar surface area (TPSA) is 141 Å². The summed E-state index contributed by atoms with van der Waals surface area (Å²) in [5.74, 6) is 0.883. The molecule has 2 N–H and O–H groups in total. The van der Waals surface area contributed by atoms with E-state index in [2.05, 4.69) is 34.7 Å². The molecule has 11 nitrogen and oxygen atoms in total. The fourth-order valence-corrected chi connectivity index (χ4v) is 4.18. The third-order valence-corrected chi connectivity index (χ3v) is 6.56. The standard InChI is InChI=1S/C25H30N6O5S/c1-15(2)19-9-6-16(3)10-21(19)36-13-23(32)26-12-22-28-29-25(30(22)5)37-14-24(33)27-18-8-7-17(4)20(11-18)31(34)35/h6-11,15H,12-14H2,1-5H3,(H,26,32)(H,27,33). The van der Waals surface area contributed by atoms with Crippen molar-refractivity contribution in [3.05, 3.63) is 69.0 Å². The van der Waals surface area contributed by atoms with Gasteiger partial charge in [-0.2, -0.15) is 0 Å². The van der Waals surface area contributed by atoms with Crippen LogP contribution in [-0.4, -0.2) is 43.9 Å². The van der Waals surface area contributed by atoms with Crippen molar-refractivity contribution in [2.45, 2.75) is 45.3 Å². The quantitative estimate of drug-likeness (QED) is 0.218. The van der Waals surface area contributed by atoms with Gasteiger partial charge < -0.3 is 19.9 Å². The van der Waals surface area contributed by atoms with Gasteiger partial charge in [0.1, 0.15) is 5.75 Å². The van der Waals surface area contributed by atoms with Gasteiger partial charge >= 0.3 is 0 Å². The zero-order valence-electron chi connectivity index (χ0n) is 21.4. The van der Waals surface area contributed by atoms with Crippen LogP contribution in [0.5, 0.6) is 5.75 Å². The number of nitro benzene ring substituents is 1. The average Bonchev–Trinajstić information content (AvgIpc) is 3.20. The highest BCUT2D eigenvalue weighted by atomic mass is 32.2. The predicted molar refractivity (Wildman–Crippen MR) is 141 cm³/mol. The fourth-order valence-electron chi connectivity index (χ4n) is 3.45. The molecular formula is C25H30N6O5S. The van der Waals surface area contributed by atoms with E-state index in [0.29, 0.717) is 28.0 Å². The van der Waals surface area contributed by atoms with Crippen LogP contribution in [0.1, 0.15) is 42.3 Å². The number of aromatic nitrogens is 3. The summed E-state index contributed by atoms with van der Waals surface area (Å²) in [6.45, 7) is 7.77. The van der Waals surface area contributed by atoms with Crippen molar-refractivity contribution in [1.29, 1.82) is 0 Å². The number of nitro groups is 1. The minimum Gasteiger partial charge on any atom is -0.483 e. The van der Waals surface area contributed by atoms with Crippen LogP contribution in [0.15, 0.2) is 41.6 Å². The van der Waals surface area contributed by atoms with E-state index in [1.54, 1.807) is 30.7 Å². The Kier molecular flexibility index (Phi) is 9.23. The first-order valence-electron chi connectivity index (χ1n) is 11.6. The maximum absolute atomic E-state index is 12.4. The molecular weight excluding hydrogens is 496 g/mol. The lowest BCUT2D eigenvalue weighted by atomic mass is 10.0. The molecule has 0 saturated heterocycles. The lowest BCUT2D eigenvalue weighted by Gasteiger charge is -2.14. The Morgan fingerprint density at radius 1 is 1.14 bits per heavy atom. The van der Waals surface area contributed by atoms with E-state index in [4.69, 9.17) is 4.74 Å². The van der Waals surface area contributed by atoms with Gasteiger partial charge in [0, 0.05) is 24.4 Å². The highest BCUT2D eigenvalue weighted by Crippen LogP contribution is 2.27. The van der Waals surface area contributed by atoms with Crippen LogP contribution in [0.3, 0.4) is 0 Å². The molecule has 1 aromatic heterocycles. The minimum absolute atomic E-state index is 0.0303. The minimum atomic E-state index is -0.489. The van der Waals surface area contributed by atoms with Crippen molar-refractivity contribution in [3.63, 3.8) is 0 Å². The lowest BCUT2D eigenvalue weighted by Crippen LogP contribution is -2.29. The Morgan fingerprint density at radius 3 is 2.59 bits per heavy atom. The van der Waals surface area contributed by atoms with Gasteiger partial charge in [0.05, 0.1) is 17.2 Å². The number of nitrogens with zero attached hydrogens (tertiary/aromatic N) is 4. The number of amides is 2. The normalized spacial score (nSPS) is 10.9. The van der Waals surface area contributed by atoms with Crippen LogP contribution in [-0.2, 0) is 23.2 Å². The van der Waals surface area contributed by atoms with Crippen molar-refractivity contribution in [1.82, 2.24) is 20.1 Å². The van der Waals surface area contributed by atoms with Crippen molar-refractivity contribution in [2.24, 2.45) is 7.05 Å². The summed E-state index contributed by atoms with van der Waals surface area (Å²) in [5, 5.41) is 25.2. The van der Waals surface area contributed by atoms with Gasteiger partial charge in [-0.3, -0.25) is 19.7 Å². The highest BCUT2D eigenvalue weighted by Gasteiger charge is 2.16. The molecule has 0 saturated carbocycles. The molecule has 1 heterocycles. The van der Waals surface area contributed by atoms with E-state index in [-0.39, 0.29) is 42.3 Å². The van der Waals surface area contributed by atoms with Gasteiger partial charge in [-0.15, -0.1) is 10.2 Å². The van der Waals surface area contributed by atoms with Gasteiger partial charge in [0.25, 0.3) is 11.6 Å². The number of hydrogen-bond acceptors (Lipinski definition) is 8. The van der Waals surface area contributed by atoms with Gasteiger partial charge in [0.2, 0.25) is 5.91 Å². The SMILES string of the molecule is Cc1ccc(C(C)C)c(OCC(=O)NCc2nnc(SCC(=O)Nc3ccc(C)c([N+](=O)[O-])c3)n2C)c1. The summed E-state index contributed by atoms with van der Waals surface area (Å²) in [6.07, 6.45) is 0. The maximum atomic E-state index is 12.4. The summed E-state index contributed by atoms with van der Waals surface area (Å²) >= 11 is 1.16. The van der Waals surface area contributed by atoms with Crippen molar-refractivity contribution in [3.8, 4) is 5.75 Å². The molecule has 0 radical (unpaired) electrons. The van der Waals surface area contributed by atoms with Gasteiger partial charge in [-0.25, -0.2) is 0 Å². The lowest BCUT2D eigenvalue weighted by molar-refractivity contribution is -0.385. The Bertz CT molecular complexity index is 1310. The molecule has 2 aromatic carbocycles. The second-order valence-electron chi connectivity index (χ2n) is 8.81. The maximum Gasteiger partial charge on any atom is 0.274 e. The van der Waals surface area contributed by atoms with Crippen LogP contribution < -0.4 is 15.4 Å². The van der Waals surface area contributed by atoms with Crippen molar-refractivity contribution >= 4 is 35.0 Å². The number of anilines is 1. The molecule has 0 aliphatic heterocycles. The molecule has 0 bridgehead atoms. The molecule has 2 amide bonds. The Hall–Kier alpha value is -3.93. The van der Waals surface area contributed by atoms with E-state index >= 15 is 0 Å². The first-order chi connectivity index (χ1) is 17.5. The number of hydrogen-bond donors (Lipinski definition) is 2. The second-order valence-corrected chi connectivity index (χ2v) is 9.76. The Labute approximate surface area is 219 Å². The van der Waals surface area contributed by atoms with Crippen molar-refractivity contribution < 1.29 is 19.2 Å². The van der Waals surface area contributed by atoms with Crippen LogP contribution in [0.25, 0.3) is 0 Å². The number of rotatable bonds is 11. The monoisotopic (exact) mass is 526 g/mol. The molecule has 0 spiro atoms. The molecule has 3 aromatic rings. The van der Waals surface area contributed by atoms with Crippen molar-refractivity contribution in [2.75, 3.05) is 17.7 Å². The second kappa shape index (κ2) is 12.3. The number of aryl methyl sites for hydroxylation is 2. The number of thioether (sulfide) groups is 1. The Balaban J connectivity index is 1.49. The third kappa shape index (κ3) is 7.53. The van der Waals surface area contributed by atoms with E-state index in [1.165, 1.54) is 6.07 Å². The highest BCUT2D eigenvalue weighted by molar-refractivity contribution is 7.99. The molecule has 0 aliphatic rings. The third-order valence-electron chi connectivity index (χ3n) is 5.54. The van der Waals surface area contributed by atoms with Crippen LogP contribution in [0, 0.1) is 24.0 Å². The zero-order valence-corrected chi connectivity index (χ0v) is 22.2. The van der Waals surface area contributed by atoms with E-state index in [9.17, 15) is 19.7 Å².